The molecule has 8 rings (SSSR count). The highest BCUT2D eigenvalue weighted by Crippen LogP contribution is 2.41. The van der Waals surface area contributed by atoms with Crippen LogP contribution in [0.3, 0.4) is 0 Å². The summed E-state index contributed by atoms with van der Waals surface area (Å²) < 4.78 is 11.6. The van der Waals surface area contributed by atoms with Gasteiger partial charge in [0.05, 0.1) is 5.69 Å². The van der Waals surface area contributed by atoms with Crippen molar-refractivity contribution in [2.45, 2.75) is 39.0 Å². The second kappa shape index (κ2) is 15.8. The Labute approximate surface area is 315 Å². The Bertz CT molecular complexity index is 2410. The van der Waals surface area contributed by atoms with E-state index in [0.717, 1.165) is 38.5 Å². The van der Waals surface area contributed by atoms with E-state index in [2.05, 4.69) is 10.3 Å². The first-order valence-electron chi connectivity index (χ1n) is 17.8. The number of aromatic nitrogens is 1. The number of carbonyl (C=O) groups excluding carboxylic acids is 5. The van der Waals surface area contributed by atoms with Gasteiger partial charge in [0, 0.05) is 71.0 Å². The number of aromatic amines is 1. The maximum Gasteiger partial charge on any atom is 0.311 e. The van der Waals surface area contributed by atoms with Gasteiger partial charge in [-0.15, -0.1) is 11.6 Å². The molecule has 0 aliphatic carbocycles. The average molecular weight is 745 g/mol. The summed E-state index contributed by atoms with van der Waals surface area (Å²) in [4.78, 5) is 69.5. The molecule has 6 aromatic rings. The highest BCUT2D eigenvalue weighted by Gasteiger charge is 2.30. The SMILES string of the molecule is CCCl.O=C(CCCCCN1C(=O)C=CC1=O)Oc1cc2c(c3ccccc13)CCN2C(=O)c1cc2cc(NC(=O)c3cc4ccccc4o3)ccc2[nH]1. The van der Waals surface area contributed by atoms with Crippen molar-refractivity contribution in [1.29, 1.82) is 0 Å². The van der Waals surface area contributed by atoms with Gasteiger partial charge in [0.15, 0.2) is 5.76 Å². The molecule has 4 amide bonds. The van der Waals surface area contributed by atoms with Crippen LogP contribution in [0.1, 0.15) is 59.2 Å². The molecule has 0 atom stereocenters. The van der Waals surface area contributed by atoms with Crippen LogP contribution < -0.4 is 15.0 Å². The lowest BCUT2D eigenvalue weighted by Crippen LogP contribution is -2.30. The molecule has 274 valence electrons. The van der Waals surface area contributed by atoms with Crippen molar-refractivity contribution in [2.75, 3.05) is 29.2 Å². The van der Waals surface area contributed by atoms with Crippen LogP contribution in [0.5, 0.6) is 5.75 Å². The number of furan rings is 1. The zero-order valence-electron chi connectivity index (χ0n) is 29.5. The molecular formula is C42H37ClN4O7. The Hall–Kier alpha value is -6.20. The number of nitrogens with one attached hydrogen (secondary N) is 2. The van der Waals surface area contributed by atoms with Crippen LogP contribution in [0, 0.1) is 0 Å². The number of ether oxygens (including phenoxy) is 1. The summed E-state index contributed by atoms with van der Waals surface area (Å²) in [5.41, 5.74) is 4.01. The van der Waals surface area contributed by atoms with Gasteiger partial charge in [0.2, 0.25) is 0 Å². The molecule has 0 spiro atoms. The number of hydrogen-bond acceptors (Lipinski definition) is 7. The first-order valence-corrected chi connectivity index (χ1v) is 18.4. The number of benzene rings is 4. The van der Waals surface area contributed by atoms with Crippen LogP contribution in [0.4, 0.5) is 11.4 Å². The monoisotopic (exact) mass is 744 g/mol. The van der Waals surface area contributed by atoms with Gasteiger partial charge in [-0.3, -0.25) is 28.9 Å². The van der Waals surface area contributed by atoms with Crippen molar-refractivity contribution < 1.29 is 33.1 Å². The maximum absolute atomic E-state index is 14.0. The number of esters is 1. The Morgan fingerprint density at radius 2 is 1.61 bits per heavy atom. The van der Waals surface area contributed by atoms with Gasteiger partial charge in [-0.05, 0) is 66.6 Å². The van der Waals surface area contributed by atoms with Crippen LogP contribution in [-0.4, -0.2) is 58.5 Å². The van der Waals surface area contributed by atoms with Crippen molar-refractivity contribution in [3.8, 4) is 5.75 Å². The molecule has 0 unspecified atom stereocenters. The van der Waals surface area contributed by atoms with E-state index in [1.54, 1.807) is 41.3 Å². The van der Waals surface area contributed by atoms with E-state index in [-0.39, 0.29) is 35.8 Å². The minimum absolute atomic E-state index is 0.171. The number of fused-ring (bicyclic) bond motifs is 5. The fourth-order valence-electron chi connectivity index (χ4n) is 6.83. The quantitative estimate of drug-likeness (QED) is 0.0474. The van der Waals surface area contributed by atoms with Gasteiger partial charge < -0.3 is 24.4 Å². The number of amides is 4. The van der Waals surface area contributed by atoms with Crippen molar-refractivity contribution in [2.24, 2.45) is 0 Å². The number of alkyl halides is 1. The number of carbonyl (C=O) groups is 5. The average Bonchev–Trinajstić information content (AvgIpc) is 3.97. The molecule has 0 bridgehead atoms. The molecular weight excluding hydrogens is 708 g/mol. The van der Waals surface area contributed by atoms with Crippen molar-refractivity contribution in [1.82, 2.24) is 9.88 Å². The van der Waals surface area contributed by atoms with Gasteiger partial charge >= 0.3 is 5.97 Å². The lowest BCUT2D eigenvalue weighted by Gasteiger charge is -2.19. The molecule has 4 heterocycles. The molecule has 2 aliphatic heterocycles. The number of anilines is 2. The van der Waals surface area contributed by atoms with Crippen LogP contribution in [0.2, 0.25) is 0 Å². The topological polar surface area (TPSA) is 142 Å². The predicted molar refractivity (Wildman–Crippen MR) is 208 cm³/mol. The van der Waals surface area contributed by atoms with E-state index in [1.165, 1.54) is 17.1 Å². The predicted octanol–water partition coefficient (Wildman–Crippen LogP) is 8.16. The number of unbranched alkanes of at least 4 members (excludes halogenated alkanes) is 2. The number of nitrogens with zero attached hydrogens (tertiary/aromatic N) is 2. The number of imide groups is 1. The van der Waals surface area contributed by atoms with E-state index in [9.17, 15) is 24.0 Å². The third-order valence-electron chi connectivity index (χ3n) is 9.36. The number of halogens is 1. The molecule has 4 aromatic carbocycles. The molecule has 0 fully saturated rings. The van der Waals surface area contributed by atoms with Crippen molar-refractivity contribution in [3.63, 3.8) is 0 Å². The summed E-state index contributed by atoms with van der Waals surface area (Å²) in [7, 11) is 0. The van der Waals surface area contributed by atoms with Gasteiger partial charge in [-0.2, -0.15) is 0 Å². The number of H-pyrrole nitrogens is 1. The summed E-state index contributed by atoms with van der Waals surface area (Å²) >= 11 is 5.00. The molecule has 0 radical (unpaired) electrons. The smallest absolute Gasteiger partial charge is 0.311 e. The maximum atomic E-state index is 14.0. The van der Waals surface area contributed by atoms with E-state index in [4.69, 9.17) is 20.8 Å². The van der Waals surface area contributed by atoms with E-state index < -0.39 is 5.97 Å². The molecule has 0 saturated heterocycles. The molecule has 12 heteroatoms. The normalized spacial score (nSPS) is 13.4. The highest BCUT2D eigenvalue weighted by atomic mass is 35.5. The van der Waals surface area contributed by atoms with Crippen molar-refractivity contribution in [3.05, 3.63) is 114 Å². The van der Waals surface area contributed by atoms with Crippen LogP contribution in [-0.2, 0) is 20.8 Å². The van der Waals surface area contributed by atoms with E-state index in [0.29, 0.717) is 67.2 Å². The third kappa shape index (κ3) is 7.49. The Balaban J connectivity index is 0.00000145. The van der Waals surface area contributed by atoms with Crippen molar-refractivity contribution >= 4 is 85.2 Å². The fourth-order valence-corrected chi connectivity index (χ4v) is 6.83. The highest BCUT2D eigenvalue weighted by molar-refractivity contribution is 6.17. The zero-order valence-corrected chi connectivity index (χ0v) is 30.3. The van der Waals surface area contributed by atoms with Gasteiger partial charge in [-0.1, -0.05) is 55.8 Å². The third-order valence-corrected chi connectivity index (χ3v) is 9.36. The summed E-state index contributed by atoms with van der Waals surface area (Å²) in [6.45, 7) is 2.67. The number of rotatable bonds is 10. The molecule has 0 saturated carbocycles. The Morgan fingerprint density at radius 3 is 2.39 bits per heavy atom. The molecule has 2 aliphatic rings. The largest absolute Gasteiger partial charge is 0.451 e. The second-order valence-electron chi connectivity index (χ2n) is 12.9. The molecule has 11 nitrogen and oxygen atoms in total. The first kappa shape index (κ1) is 36.2. The summed E-state index contributed by atoms with van der Waals surface area (Å²) in [5.74, 6) is -0.309. The second-order valence-corrected chi connectivity index (χ2v) is 13.5. The molecule has 54 heavy (non-hydrogen) atoms. The minimum Gasteiger partial charge on any atom is -0.451 e. The molecule has 2 aromatic heterocycles. The summed E-state index contributed by atoms with van der Waals surface area (Å²) in [5, 5.41) is 6.18. The van der Waals surface area contributed by atoms with Crippen LogP contribution >= 0.6 is 11.6 Å². The standard InChI is InChI=1S/C40H32N4O7.C2H5Cl/c45-36-15-16-37(46)44(36)18-7-1-2-12-38(47)51-34-23-32-28(27-9-4-5-10-29(27)34)17-19-43(32)40(49)31-21-25-20-26(13-14-30(25)42-31)41-39(48)35-22-24-8-3-6-11-33(24)50-35;1-2-3/h3-6,8-11,13-16,20-23,42H,1-2,7,12,17-19H2,(H,41,48);2H2,1H3. The van der Waals surface area contributed by atoms with Gasteiger partial charge in [0.25, 0.3) is 23.6 Å². The first-order chi connectivity index (χ1) is 26.2. The number of hydrogen-bond donors (Lipinski definition) is 2. The zero-order chi connectivity index (χ0) is 37.8. The summed E-state index contributed by atoms with van der Waals surface area (Å²) in [6, 6.07) is 25.7. The van der Waals surface area contributed by atoms with Gasteiger partial charge in [0.1, 0.15) is 17.0 Å². The van der Waals surface area contributed by atoms with Gasteiger partial charge in [-0.25, -0.2) is 0 Å². The fraction of sp³-hybridized carbons (Fsp3) is 0.214. The molecule has 2 N–H and O–H groups in total. The van der Waals surface area contributed by atoms with E-state index in [1.807, 2.05) is 55.5 Å². The lowest BCUT2D eigenvalue weighted by molar-refractivity contribution is -0.137. The number of para-hydroxylation sites is 1. The Morgan fingerprint density at radius 1 is 0.870 bits per heavy atom. The van der Waals surface area contributed by atoms with Crippen LogP contribution in [0.25, 0.3) is 32.6 Å². The van der Waals surface area contributed by atoms with Crippen LogP contribution in [0.15, 0.2) is 101 Å². The Kier molecular flexibility index (Phi) is 10.6. The lowest BCUT2D eigenvalue weighted by atomic mass is 10.0. The minimum atomic E-state index is -0.398. The van der Waals surface area contributed by atoms with E-state index >= 15 is 0 Å². The summed E-state index contributed by atoms with van der Waals surface area (Å²) in [6.07, 6.45) is 5.13.